The van der Waals surface area contributed by atoms with Crippen LogP contribution in [0.3, 0.4) is 0 Å². The fourth-order valence-corrected chi connectivity index (χ4v) is 10.0. The number of thiophene rings is 1. The largest absolute Gasteiger partial charge is 0.512 e. The van der Waals surface area contributed by atoms with E-state index < -0.39 is 0 Å². The van der Waals surface area contributed by atoms with Gasteiger partial charge in [-0.05, 0) is 79.0 Å². The third-order valence-corrected chi connectivity index (χ3v) is 12.0. The molecule has 0 unspecified atom stereocenters. The van der Waals surface area contributed by atoms with Gasteiger partial charge in [0.05, 0.1) is 11.3 Å². The second-order valence-corrected chi connectivity index (χ2v) is 18.6. The predicted octanol–water partition coefficient (Wildman–Crippen LogP) is 13.8. The van der Waals surface area contributed by atoms with Crippen LogP contribution in [0.5, 0.6) is 0 Å². The van der Waals surface area contributed by atoms with E-state index in [1.807, 2.05) is 0 Å². The average molecular weight is 934 g/mol. The molecule has 0 aliphatic heterocycles. The maximum Gasteiger partial charge on any atom is 0.162 e. The molecular formula is C49H61IrN2O2S-. The number of fused-ring (bicyclic) bond motifs is 2. The van der Waals surface area contributed by atoms with Crippen LogP contribution in [0, 0.1) is 80.6 Å². The Morgan fingerprint density at radius 3 is 1.93 bits per heavy atom. The Kier molecular flexibility index (Phi) is 15.4. The van der Waals surface area contributed by atoms with Crippen molar-refractivity contribution < 1.29 is 30.0 Å². The molecule has 2 aromatic heterocycles. The Labute approximate surface area is 348 Å². The SMILES string of the molecule is CC(C)C(C(=O)/C=C(\O)C(C(C)C)C(C)C)C(C)C.Cc1cc(C)c(-c2sc3c(-c4[c-]c5ccccc5c(C(C)(C)C)c4)ncc(C#N)c3c2C)c(C)c1.[Ir]. The Morgan fingerprint density at radius 2 is 1.42 bits per heavy atom. The summed E-state index contributed by atoms with van der Waals surface area (Å²) in [4.78, 5) is 18.4. The topological polar surface area (TPSA) is 74.0 Å². The molecule has 0 atom stereocenters. The number of aliphatic hydroxyl groups is 1. The number of aromatic nitrogens is 1. The Morgan fingerprint density at radius 1 is 0.873 bits per heavy atom. The minimum absolute atomic E-state index is 0. The normalized spacial score (nSPS) is 12.3. The van der Waals surface area contributed by atoms with Crippen LogP contribution in [-0.2, 0) is 30.3 Å². The molecule has 0 amide bonds. The minimum atomic E-state index is -0.0260. The number of ketones is 1. The molecule has 5 rings (SSSR count). The van der Waals surface area contributed by atoms with E-state index in [4.69, 9.17) is 4.98 Å². The number of hydrogen-bond acceptors (Lipinski definition) is 5. The van der Waals surface area contributed by atoms with Crippen LogP contribution in [0.25, 0.3) is 42.6 Å². The van der Waals surface area contributed by atoms with Crippen LogP contribution in [-0.4, -0.2) is 15.9 Å². The summed E-state index contributed by atoms with van der Waals surface area (Å²) < 4.78 is 1.06. The van der Waals surface area contributed by atoms with Gasteiger partial charge in [-0.15, -0.1) is 40.5 Å². The molecule has 2 heterocycles. The standard InChI is InChI=1S/C32H29N2S.C17H32O2.Ir/c1-18-12-19(2)27(20(3)13-18)30-21(4)28-24(16-33)17-34-29(31(28)35-30)23-14-22-10-8-9-11-25(22)26(15-23)32(5,6)7;1-10(2)16(11(3)4)14(18)9-15(19)17(12(5)6)13(7)8;/h8-13,15,17H,1-7H3;9-13,16-18H,1-8H3;/q-1;;/b;14-9-;. The van der Waals surface area contributed by atoms with Crippen molar-refractivity contribution in [3.05, 3.63) is 99.9 Å². The number of pyridine rings is 1. The van der Waals surface area contributed by atoms with Crippen LogP contribution in [0.4, 0.5) is 0 Å². The van der Waals surface area contributed by atoms with Gasteiger partial charge in [0.2, 0.25) is 0 Å². The molecule has 0 saturated carbocycles. The molecule has 0 saturated heterocycles. The molecule has 55 heavy (non-hydrogen) atoms. The van der Waals surface area contributed by atoms with E-state index in [0.717, 1.165) is 32.3 Å². The summed E-state index contributed by atoms with van der Waals surface area (Å²) >= 11 is 1.75. The van der Waals surface area contributed by atoms with Crippen molar-refractivity contribution in [1.29, 1.82) is 5.26 Å². The Hall–Kier alpha value is -3.62. The molecule has 5 aromatic rings. The summed E-state index contributed by atoms with van der Waals surface area (Å²) in [6.07, 6.45) is 3.21. The van der Waals surface area contributed by atoms with Gasteiger partial charge in [-0.3, -0.25) is 9.78 Å². The van der Waals surface area contributed by atoms with E-state index in [-0.39, 0.29) is 48.9 Å². The van der Waals surface area contributed by atoms with Crippen LogP contribution in [0.1, 0.15) is 110 Å². The Balaban J connectivity index is 0.000000349. The van der Waals surface area contributed by atoms with E-state index in [1.54, 1.807) is 17.5 Å². The summed E-state index contributed by atoms with van der Waals surface area (Å²) in [6, 6.07) is 21.2. The first kappa shape index (κ1) is 45.8. The van der Waals surface area contributed by atoms with Crippen molar-refractivity contribution in [3.8, 4) is 27.8 Å². The summed E-state index contributed by atoms with van der Waals surface area (Å²) in [7, 11) is 0. The predicted molar refractivity (Wildman–Crippen MR) is 231 cm³/mol. The average Bonchev–Trinajstić information content (AvgIpc) is 3.38. The molecule has 295 valence electrons. The summed E-state index contributed by atoms with van der Waals surface area (Å²) in [5, 5.41) is 23.5. The zero-order valence-corrected chi connectivity index (χ0v) is 38.9. The zero-order valence-electron chi connectivity index (χ0n) is 35.7. The molecule has 0 aliphatic rings. The molecule has 1 radical (unpaired) electrons. The van der Waals surface area contributed by atoms with Gasteiger partial charge in [0.15, 0.2) is 5.78 Å². The van der Waals surface area contributed by atoms with Crippen LogP contribution >= 0.6 is 11.3 Å². The molecule has 0 spiro atoms. The first-order chi connectivity index (χ1) is 25.2. The number of rotatable bonds is 9. The van der Waals surface area contributed by atoms with Crippen LogP contribution in [0.15, 0.2) is 60.5 Å². The first-order valence-corrected chi connectivity index (χ1v) is 20.3. The van der Waals surface area contributed by atoms with Crippen molar-refractivity contribution in [3.63, 3.8) is 0 Å². The molecular weight excluding hydrogens is 873 g/mol. The molecule has 4 nitrogen and oxygen atoms in total. The maximum atomic E-state index is 12.3. The van der Waals surface area contributed by atoms with Gasteiger partial charge >= 0.3 is 0 Å². The van der Waals surface area contributed by atoms with Crippen molar-refractivity contribution in [2.75, 3.05) is 0 Å². The van der Waals surface area contributed by atoms with Gasteiger partial charge < -0.3 is 5.11 Å². The number of carbonyl (C=O) groups is 1. The van der Waals surface area contributed by atoms with E-state index in [2.05, 4.69) is 158 Å². The molecule has 6 heteroatoms. The fraction of sp³-hybridized carbons (Fsp3) is 0.449. The number of carbonyl (C=O) groups excluding carboxylic acids is 1. The number of aryl methyl sites for hydroxylation is 4. The smallest absolute Gasteiger partial charge is 0.162 e. The second kappa shape index (κ2) is 18.5. The van der Waals surface area contributed by atoms with Gasteiger partial charge in [0.1, 0.15) is 6.07 Å². The number of benzene rings is 3. The van der Waals surface area contributed by atoms with Gasteiger partial charge in [0, 0.05) is 64.9 Å². The van der Waals surface area contributed by atoms with Crippen molar-refractivity contribution >= 4 is 38.0 Å². The van der Waals surface area contributed by atoms with Gasteiger partial charge in [-0.1, -0.05) is 123 Å². The zero-order chi connectivity index (χ0) is 40.4. The van der Waals surface area contributed by atoms with Crippen molar-refractivity contribution in [1.82, 2.24) is 4.98 Å². The van der Waals surface area contributed by atoms with Gasteiger partial charge in [0.25, 0.3) is 0 Å². The summed E-state index contributed by atoms with van der Waals surface area (Å²) in [5.41, 5.74) is 9.96. The molecule has 0 fully saturated rings. The van der Waals surface area contributed by atoms with Crippen LogP contribution in [0.2, 0.25) is 0 Å². The number of nitrogens with zero attached hydrogens (tertiary/aromatic N) is 2. The monoisotopic (exact) mass is 934 g/mol. The summed E-state index contributed by atoms with van der Waals surface area (Å²) in [6.45, 7) is 32.0. The number of allylic oxidation sites excluding steroid dienone is 2. The minimum Gasteiger partial charge on any atom is -0.512 e. The van der Waals surface area contributed by atoms with Crippen LogP contribution < -0.4 is 0 Å². The van der Waals surface area contributed by atoms with Gasteiger partial charge in [-0.25, -0.2) is 0 Å². The van der Waals surface area contributed by atoms with Crippen molar-refractivity contribution in [2.45, 2.75) is 109 Å². The summed E-state index contributed by atoms with van der Waals surface area (Å²) in [5.74, 6) is 1.63. The van der Waals surface area contributed by atoms with E-state index in [0.29, 0.717) is 29.2 Å². The van der Waals surface area contributed by atoms with Gasteiger partial charge in [-0.2, -0.15) is 5.26 Å². The molecule has 3 aromatic carbocycles. The van der Waals surface area contributed by atoms with E-state index in [1.165, 1.54) is 44.2 Å². The molecule has 0 aliphatic carbocycles. The number of hydrogen-bond donors (Lipinski definition) is 1. The third-order valence-electron chi connectivity index (χ3n) is 10.6. The second-order valence-electron chi connectivity index (χ2n) is 17.6. The van der Waals surface area contributed by atoms with Crippen molar-refractivity contribution in [2.24, 2.45) is 35.5 Å². The molecule has 0 bridgehead atoms. The molecule has 1 N–H and O–H groups in total. The number of aliphatic hydroxyl groups excluding tert-OH is 1. The van der Waals surface area contributed by atoms with E-state index >= 15 is 0 Å². The fourth-order valence-electron chi connectivity index (χ4n) is 8.51. The quantitative estimate of drug-likeness (QED) is 0.0908. The maximum absolute atomic E-state index is 12.3. The Bertz CT molecular complexity index is 2190. The number of nitriles is 1. The van der Waals surface area contributed by atoms with E-state index in [9.17, 15) is 15.2 Å². The third kappa shape index (κ3) is 10.0. The first-order valence-electron chi connectivity index (χ1n) is 19.5.